The summed E-state index contributed by atoms with van der Waals surface area (Å²) in [5.41, 5.74) is 7.35. The van der Waals surface area contributed by atoms with Crippen LogP contribution in [0.3, 0.4) is 0 Å². The average molecular weight is 285 g/mol. The molecule has 4 nitrogen and oxygen atoms in total. The van der Waals surface area contributed by atoms with Crippen LogP contribution < -0.4 is 15.8 Å². The molecule has 0 aliphatic carbocycles. The fraction of sp³-hybridized carbons (Fsp3) is 0.133. The van der Waals surface area contributed by atoms with E-state index in [9.17, 15) is 0 Å². The molecule has 0 radical (unpaired) electrons. The van der Waals surface area contributed by atoms with Gasteiger partial charge in [-0.1, -0.05) is 18.2 Å². The molecule has 0 spiro atoms. The van der Waals surface area contributed by atoms with Crippen LogP contribution in [0.5, 0.6) is 5.88 Å². The molecule has 0 amide bonds. The Labute approximate surface area is 121 Å². The molecule has 20 heavy (non-hydrogen) atoms. The first kappa shape index (κ1) is 12.7. The SMILES string of the molecule is CNc1ccnc(OCc2cc3ccccc3s2)c1N. The maximum atomic E-state index is 5.99. The predicted molar refractivity (Wildman–Crippen MR) is 84.4 cm³/mol. The van der Waals surface area contributed by atoms with Crippen molar-refractivity contribution < 1.29 is 4.74 Å². The van der Waals surface area contributed by atoms with Crippen molar-refractivity contribution in [2.45, 2.75) is 6.61 Å². The number of benzene rings is 1. The Morgan fingerprint density at radius 2 is 2.15 bits per heavy atom. The van der Waals surface area contributed by atoms with Crippen LogP contribution in [0.4, 0.5) is 11.4 Å². The number of thiophene rings is 1. The summed E-state index contributed by atoms with van der Waals surface area (Å²) in [4.78, 5) is 5.33. The topological polar surface area (TPSA) is 60.2 Å². The zero-order chi connectivity index (χ0) is 13.9. The lowest BCUT2D eigenvalue weighted by atomic mass is 10.2. The van der Waals surface area contributed by atoms with Gasteiger partial charge in [-0.05, 0) is 23.6 Å². The second-order valence-electron chi connectivity index (χ2n) is 4.37. The maximum Gasteiger partial charge on any atom is 0.239 e. The Morgan fingerprint density at radius 3 is 2.95 bits per heavy atom. The van der Waals surface area contributed by atoms with Crippen LogP contribution in [0.1, 0.15) is 4.88 Å². The summed E-state index contributed by atoms with van der Waals surface area (Å²) in [6.45, 7) is 0.476. The Bertz CT molecular complexity index is 706. The van der Waals surface area contributed by atoms with Gasteiger partial charge < -0.3 is 15.8 Å². The van der Waals surface area contributed by atoms with E-state index in [-0.39, 0.29) is 0 Å². The smallest absolute Gasteiger partial charge is 0.239 e. The molecule has 2 aromatic heterocycles. The molecule has 0 saturated carbocycles. The Morgan fingerprint density at radius 1 is 1.30 bits per heavy atom. The number of ether oxygens (including phenoxy) is 1. The minimum absolute atomic E-state index is 0.467. The number of nitrogen functional groups attached to an aromatic ring is 1. The Balaban J connectivity index is 1.79. The molecular weight excluding hydrogens is 270 g/mol. The van der Waals surface area contributed by atoms with Crippen LogP contribution in [-0.2, 0) is 6.61 Å². The minimum Gasteiger partial charge on any atom is -0.470 e. The number of nitrogens with two attached hydrogens (primary N) is 1. The Kier molecular flexibility index (Phi) is 3.43. The van der Waals surface area contributed by atoms with Gasteiger partial charge in [0.25, 0.3) is 0 Å². The molecule has 3 rings (SSSR count). The number of pyridine rings is 1. The number of hydrogen-bond donors (Lipinski definition) is 2. The van der Waals surface area contributed by atoms with Crippen LogP contribution in [-0.4, -0.2) is 12.0 Å². The molecule has 0 aliphatic heterocycles. The third-order valence-electron chi connectivity index (χ3n) is 3.05. The van der Waals surface area contributed by atoms with E-state index in [1.165, 1.54) is 10.1 Å². The molecule has 5 heteroatoms. The van der Waals surface area contributed by atoms with Gasteiger partial charge in [0.1, 0.15) is 12.3 Å². The van der Waals surface area contributed by atoms with Crippen molar-refractivity contribution in [2.24, 2.45) is 0 Å². The van der Waals surface area contributed by atoms with E-state index < -0.39 is 0 Å². The van der Waals surface area contributed by atoms with E-state index >= 15 is 0 Å². The molecule has 0 unspecified atom stereocenters. The van der Waals surface area contributed by atoms with Gasteiger partial charge >= 0.3 is 0 Å². The van der Waals surface area contributed by atoms with E-state index in [2.05, 4.69) is 28.5 Å². The Hall–Kier alpha value is -2.27. The van der Waals surface area contributed by atoms with Crippen molar-refractivity contribution in [3.63, 3.8) is 0 Å². The highest BCUT2D eigenvalue weighted by Crippen LogP contribution is 2.29. The van der Waals surface area contributed by atoms with Crippen molar-refractivity contribution in [1.29, 1.82) is 0 Å². The molecule has 0 saturated heterocycles. The number of fused-ring (bicyclic) bond motifs is 1. The van der Waals surface area contributed by atoms with Gasteiger partial charge in [0.15, 0.2) is 0 Å². The summed E-state index contributed by atoms with van der Waals surface area (Å²) < 4.78 is 6.99. The summed E-state index contributed by atoms with van der Waals surface area (Å²) in [7, 11) is 1.82. The molecule has 3 aromatic rings. The lowest BCUT2D eigenvalue weighted by Gasteiger charge is -2.09. The zero-order valence-electron chi connectivity index (χ0n) is 11.1. The van der Waals surface area contributed by atoms with Gasteiger partial charge in [0, 0.05) is 22.8 Å². The summed E-state index contributed by atoms with van der Waals surface area (Å²) in [5.74, 6) is 0.467. The van der Waals surface area contributed by atoms with Crippen LogP contribution in [0.2, 0.25) is 0 Å². The van der Waals surface area contributed by atoms with Crippen LogP contribution >= 0.6 is 11.3 Å². The monoisotopic (exact) mass is 285 g/mol. The number of aromatic nitrogens is 1. The van der Waals surface area contributed by atoms with Crippen LogP contribution in [0.25, 0.3) is 10.1 Å². The number of nitrogens with one attached hydrogen (secondary N) is 1. The summed E-state index contributed by atoms with van der Waals surface area (Å²) in [6, 6.07) is 12.2. The molecule has 0 bridgehead atoms. The summed E-state index contributed by atoms with van der Waals surface area (Å²) in [5, 5.41) is 4.25. The molecule has 2 heterocycles. The summed E-state index contributed by atoms with van der Waals surface area (Å²) >= 11 is 1.72. The lowest BCUT2D eigenvalue weighted by molar-refractivity contribution is 0.299. The normalized spacial score (nSPS) is 10.7. The highest BCUT2D eigenvalue weighted by atomic mass is 32.1. The van der Waals surface area contributed by atoms with Crippen molar-refractivity contribution in [3.8, 4) is 5.88 Å². The standard InChI is InChI=1S/C15H15N3OS/c1-17-12-6-7-18-15(14(12)16)19-9-11-8-10-4-2-3-5-13(10)20-11/h2-8H,9,16H2,1H3,(H,17,18). The molecular formula is C15H15N3OS. The number of anilines is 2. The molecule has 1 aromatic carbocycles. The molecule has 0 aliphatic rings. The van der Waals surface area contributed by atoms with Gasteiger partial charge in [0.05, 0.1) is 5.69 Å². The predicted octanol–water partition coefficient (Wildman–Crippen LogP) is 3.50. The lowest BCUT2D eigenvalue weighted by Crippen LogP contribution is -2.02. The first-order valence-electron chi connectivity index (χ1n) is 6.30. The summed E-state index contributed by atoms with van der Waals surface area (Å²) in [6.07, 6.45) is 1.68. The van der Waals surface area contributed by atoms with Crippen molar-refractivity contribution in [1.82, 2.24) is 4.98 Å². The van der Waals surface area contributed by atoms with Crippen LogP contribution in [0, 0.1) is 0 Å². The van der Waals surface area contributed by atoms with Gasteiger partial charge in [0.2, 0.25) is 5.88 Å². The fourth-order valence-corrected chi connectivity index (χ4v) is 3.01. The third-order valence-corrected chi connectivity index (χ3v) is 4.14. The number of rotatable bonds is 4. The van der Waals surface area contributed by atoms with Crippen molar-refractivity contribution in [2.75, 3.05) is 18.1 Å². The van der Waals surface area contributed by atoms with E-state index in [1.807, 2.05) is 25.2 Å². The highest BCUT2D eigenvalue weighted by molar-refractivity contribution is 7.19. The molecule has 0 atom stereocenters. The molecule has 3 N–H and O–H groups in total. The quantitative estimate of drug-likeness (QED) is 0.770. The molecule has 102 valence electrons. The first-order chi connectivity index (χ1) is 9.78. The maximum absolute atomic E-state index is 5.99. The second-order valence-corrected chi connectivity index (χ2v) is 5.53. The van der Waals surface area contributed by atoms with Gasteiger partial charge in [-0.25, -0.2) is 4.98 Å². The minimum atomic E-state index is 0.467. The van der Waals surface area contributed by atoms with E-state index in [1.54, 1.807) is 17.5 Å². The second kappa shape index (κ2) is 5.38. The fourth-order valence-electron chi connectivity index (χ4n) is 2.03. The van der Waals surface area contributed by atoms with Crippen molar-refractivity contribution >= 4 is 32.8 Å². The highest BCUT2D eigenvalue weighted by Gasteiger charge is 2.08. The van der Waals surface area contributed by atoms with Gasteiger partial charge in [-0.2, -0.15) is 0 Å². The molecule has 0 fully saturated rings. The van der Waals surface area contributed by atoms with E-state index in [0.29, 0.717) is 18.2 Å². The van der Waals surface area contributed by atoms with Gasteiger partial charge in [-0.15, -0.1) is 11.3 Å². The van der Waals surface area contributed by atoms with E-state index in [4.69, 9.17) is 10.5 Å². The number of nitrogens with zero attached hydrogens (tertiary/aromatic N) is 1. The third kappa shape index (κ3) is 2.40. The van der Waals surface area contributed by atoms with Crippen molar-refractivity contribution in [3.05, 3.63) is 47.5 Å². The largest absolute Gasteiger partial charge is 0.470 e. The van der Waals surface area contributed by atoms with Crippen LogP contribution in [0.15, 0.2) is 42.6 Å². The zero-order valence-corrected chi connectivity index (χ0v) is 11.9. The average Bonchev–Trinajstić information content (AvgIpc) is 2.89. The number of hydrogen-bond acceptors (Lipinski definition) is 5. The van der Waals surface area contributed by atoms with E-state index in [0.717, 1.165) is 10.6 Å². The van der Waals surface area contributed by atoms with Gasteiger partial charge in [-0.3, -0.25) is 0 Å². The first-order valence-corrected chi connectivity index (χ1v) is 7.12.